The molecule has 0 spiro atoms. The molecule has 0 radical (unpaired) electrons. The fourth-order valence-electron chi connectivity index (χ4n) is 2.22. The first-order valence-electron chi connectivity index (χ1n) is 8.17. The summed E-state index contributed by atoms with van der Waals surface area (Å²) in [5, 5.41) is 10.9. The van der Waals surface area contributed by atoms with Crippen LogP contribution < -0.4 is 10.2 Å². The average Bonchev–Trinajstić information content (AvgIpc) is 2.61. The molecule has 0 aliphatic carbocycles. The number of rotatable bonds is 8. The Bertz CT molecular complexity index is 643. The van der Waals surface area contributed by atoms with Crippen molar-refractivity contribution in [2.24, 2.45) is 0 Å². The summed E-state index contributed by atoms with van der Waals surface area (Å²) in [4.78, 5) is 14.1. The molecule has 0 saturated carbocycles. The number of halogens is 1. The molecule has 0 bridgehead atoms. The standard InChI is InChI=1S/C18H23FN4O/c1-3-4-13-23(2)17-10-9-16(21-22-17)18(24)20-12-11-14-5-7-15(19)8-6-14/h5-10H,3-4,11-13H2,1-2H3,(H,20,24). The number of benzene rings is 1. The van der Waals surface area contributed by atoms with Crippen LogP contribution in [0.25, 0.3) is 0 Å². The molecule has 0 atom stereocenters. The number of hydrogen-bond donors (Lipinski definition) is 1. The van der Waals surface area contributed by atoms with Gasteiger partial charge in [-0.2, -0.15) is 0 Å². The predicted molar refractivity (Wildman–Crippen MR) is 92.6 cm³/mol. The molecule has 24 heavy (non-hydrogen) atoms. The maximum atomic E-state index is 12.8. The average molecular weight is 330 g/mol. The Labute approximate surface area is 141 Å². The van der Waals surface area contributed by atoms with Crippen LogP contribution in [0.4, 0.5) is 10.2 Å². The van der Waals surface area contributed by atoms with Gasteiger partial charge >= 0.3 is 0 Å². The predicted octanol–water partition coefficient (Wildman–Crippen LogP) is 2.82. The van der Waals surface area contributed by atoms with E-state index in [1.807, 2.05) is 11.9 Å². The molecule has 2 aromatic rings. The van der Waals surface area contributed by atoms with E-state index >= 15 is 0 Å². The summed E-state index contributed by atoms with van der Waals surface area (Å²) in [6.07, 6.45) is 2.84. The van der Waals surface area contributed by atoms with E-state index < -0.39 is 0 Å². The zero-order valence-corrected chi connectivity index (χ0v) is 14.1. The molecular formula is C18H23FN4O. The number of amides is 1. The highest BCUT2D eigenvalue weighted by atomic mass is 19.1. The maximum absolute atomic E-state index is 12.8. The lowest BCUT2D eigenvalue weighted by Crippen LogP contribution is -2.27. The molecule has 2 rings (SSSR count). The van der Waals surface area contributed by atoms with Gasteiger partial charge in [0.05, 0.1) is 0 Å². The van der Waals surface area contributed by atoms with Gasteiger partial charge in [0.15, 0.2) is 11.5 Å². The minimum absolute atomic E-state index is 0.257. The van der Waals surface area contributed by atoms with Gasteiger partial charge in [0.2, 0.25) is 0 Å². The fraction of sp³-hybridized carbons (Fsp3) is 0.389. The zero-order chi connectivity index (χ0) is 17.4. The van der Waals surface area contributed by atoms with E-state index in [1.54, 1.807) is 24.3 Å². The van der Waals surface area contributed by atoms with E-state index in [0.717, 1.165) is 30.8 Å². The lowest BCUT2D eigenvalue weighted by Gasteiger charge is -2.16. The Balaban J connectivity index is 1.82. The second-order valence-electron chi connectivity index (χ2n) is 5.68. The lowest BCUT2D eigenvalue weighted by atomic mass is 10.1. The van der Waals surface area contributed by atoms with Crippen molar-refractivity contribution in [1.82, 2.24) is 15.5 Å². The molecule has 0 aliphatic rings. The van der Waals surface area contributed by atoms with E-state index in [1.165, 1.54) is 12.1 Å². The molecule has 1 amide bonds. The molecule has 5 nitrogen and oxygen atoms in total. The van der Waals surface area contributed by atoms with Crippen molar-refractivity contribution in [2.75, 3.05) is 25.0 Å². The molecule has 128 valence electrons. The molecule has 0 aliphatic heterocycles. The zero-order valence-electron chi connectivity index (χ0n) is 14.1. The Kier molecular flexibility index (Phi) is 6.66. The molecule has 0 fully saturated rings. The van der Waals surface area contributed by atoms with Crippen LogP contribution in [-0.4, -0.2) is 36.2 Å². The van der Waals surface area contributed by atoms with Crippen molar-refractivity contribution in [3.63, 3.8) is 0 Å². The van der Waals surface area contributed by atoms with Gasteiger partial charge < -0.3 is 10.2 Å². The van der Waals surface area contributed by atoms with Gasteiger partial charge in [-0.15, -0.1) is 10.2 Å². The number of aromatic nitrogens is 2. The van der Waals surface area contributed by atoms with Gasteiger partial charge in [-0.25, -0.2) is 4.39 Å². The van der Waals surface area contributed by atoms with Crippen molar-refractivity contribution in [2.45, 2.75) is 26.2 Å². The lowest BCUT2D eigenvalue weighted by molar-refractivity contribution is 0.0948. The topological polar surface area (TPSA) is 58.1 Å². The van der Waals surface area contributed by atoms with Crippen molar-refractivity contribution in [1.29, 1.82) is 0 Å². The number of hydrogen-bond acceptors (Lipinski definition) is 4. The molecule has 1 aromatic carbocycles. The summed E-state index contributed by atoms with van der Waals surface area (Å²) in [6, 6.07) is 9.73. The largest absolute Gasteiger partial charge is 0.358 e. The van der Waals surface area contributed by atoms with E-state index in [-0.39, 0.29) is 11.7 Å². The van der Waals surface area contributed by atoms with E-state index in [9.17, 15) is 9.18 Å². The quantitative estimate of drug-likeness (QED) is 0.808. The smallest absolute Gasteiger partial charge is 0.271 e. The molecule has 0 unspecified atom stereocenters. The van der Waals surface area contributed by atoms with E-state index in [4.69, 9.17) is 0 Å². The van der Waals surface area contributed by atoms with Gasteiger partial charge in [-0.05, 0) is 42.7 Å². The van der Waals surface area contributed by atoms with Crippen LogP contribution in [-0.2, 0) is 6.42 Å². The van der Waals surface area contributed by atoms with Gasteiger partial charge in [-0.3, -0.25) is 4.79 Å². The highest BCUT2D eigenvalue weighted by Gasteiger charge is 2.09. The summed E-state index contributed by atoms with van der Waals surface area (Å²) < 4.78 is 12.8. The summed E-state index contributed by atoms with van der Waals surface area (Å²) in [5.41, 5.74) is 1.26. The van der Waals surface area contributed by atoms with E-state index in [0.29, 0.717) is 18.7 Å². The van der Waals surface area contributed by atoms with Crippen molar-refractivity contribution >= 4 is 11.7 Å². The minimum Gasteiger partial charge on any atom is -0.358 e. The fourth-order valence-corrected chi connectivity index (χ4v) is 2.22. The normalized spacial score (nSPS) is 10.5. The summed E-state index contributed by atoms with van der Waals surface area (Å²) in [7, 11) is 1.96. The molecular weight excluding hydrogens is 307 g/mol. The molecule has 0 saturated heterocycles. The summed E-state index contributed by atoms with van der Waals surface area (Å²) in [6.45, 7) is 3.51. The number of nitrogens with one attached hydrogen (secondary N) is 1. The number of anilines is 1. The van der Waals surface area contributed by atoms with Crippen LogP contribution in [0.3, 0.4) is 0 Å². The summed E-state index contributed by atoms with van der Waals surface area (Å²) >= 11 is 0. The molecule has 1 aromatic heterocycles. The first-order chi connectivity index (χ1) is 11.6. The van der Waals surface area contributed by atoms with Gasteiger partial charge in [-0.1, -0.05) is 25.5 Å². The van der Waals surface area contributed by atoms with Crippen LogP contribution in [0, 0.1) is 5.82 Å². The summed E-state index contributed by atoms with van der Waals surface area (Å²) in [5.74, 6) is 0.237. The number of carbonyl (C=O) groups is 1. The SMILES string of the molecule is CCCCN(C)c1ccc(C(=O)NCCc2ccc(F)cc2)nn1. The van der Waals surface area contributed by atoms with Crippen molar-refractivity contribution in [3.8, 4) is 0 Å². The maximum Gasteiger partial charge on any atom is 0.271 e. The van der Waals surface area contributed by atoms with E-state index in [2.05, 4.69) is 22.4 Å². The molecule has 1 N–H and O–H groups in total. The van der Waals surface area contributed by atoms with Crippen LogP contribution in [0.1, 0.15) is 35.8 Å². The number of carbonyl (C=O) groups excluding carboxylic acids is 1. The minimum atomic E-state index is -0.262. The Hall–Kier alpha value is -2.50. The van der Waals surface area contributed by atoms with Crippen LogP contribution in [0.15, 0.2) is 36.4 Å². The van der Waals surface area contributed by atoms with Crippen LogP contribution >= 0.6 is 0 Å². The molecule has 6 heteroatoms. The highest BCUT2D eigenvalue weighted by molar-refractivity contribution is 5.92. The number of nitrogens with zero attached hydrogens (tertiary/aromatic N) is 3. The van der Waals surface area contributed by atoms with Crippen LogP contribution in [0.5, 0.6) is 0 Å². The molecule has 1 heterocycles. The first-order valence-corrected chi connectivity index (χ1v) is 8.17. The van der Waals surface area contributed by atoms with Crippen LogP contribution in [0.2, 0.25) is 0 Å². The first kappa shape index (κ1) is 17.8. The second-order valence-corrected chi connectivity index (χ2v) is 5.68. The van der Waals surface area contributed by atoms with Crippen molar-refractivity contribution < 1.29 is 9.18 Å². The third-order valence-corrected chi connectivity index (χ3v) is 3.73. The third kappa shape index (κ3) is 5.30. The van der Waals surface area contributed by atoms with Gasteiger partial charge in [0.25, 0.3) is 5.91 Å². The highest BCUT2D eigenvalue weighted by Crippen LogP contribution is 2.08. The third-order valence-electron chi connectivity index (χ3n) is 3.73. The Morgan fingerprint density at radius 2 is 1.92 bits per heavy atom. The second kappa shape index (κ2) is 8.96. The Morgan fingerprint density at radius 1 is 1.17 bits per heavy atom. The number of unbranched alkanes of at least 4 members (excludes halogenated alkanes) is 1. The van der Waals surface area contributed by atoms with Crippen molar-refractivity contribution in [3.05, 3.63) is 53.5 Å². The van der Waals surface area contributed by atoms with Gasteiger partial charge in [0.1, 0.15) is 5.82 Å². The monoisotopic (exact) mass is 330 g/mol. The van der Waals surface area contributed by atoms with Gasteiger partial charge in [0, 0.05) is 20.1 Å². The Morgan fingerprint density at radius 3 is 2.54 bits per heavy atom.